The molecule has 5 nitrogen and oxygen atoms in total. The molecule has 144 valence electrons. The zero-order chi connectivity index (χ0) is 20.2. The van der Waals surface area contributed by atoms with Gasteiger partial charge in [-0.05, 0) is 55.7 Å². The van der Waals surface area contributed by atoms with E-state index in [1.807, 2.05) is 43.5 Å². The van der Waals surface area contributed by atoms with E-state index in [1.165, 1.54) is 7.11 Å². The van der Waals surface area contributed by atoms with E-state index in [0.29, 0.717) is 21.7 Å². The van der Waals surface area contributed by atoms with E-state index in [-0.39, 0.29) is 5.97 Å². The number of aliphatic imine (C=N–C) groups is 1. The first-order valence-corrected chi connectivity index (χ1v) is 9.65. The molecule has 3 aromatic rings. The Morgan fingerprint density at radius 1 is 1.14 bits per heavy atom. The van der Waals surface area contributed by atoms with Gasteiger partial charge in [0, 0.05) is 5.71 Å². The number of aryl methyl sites for hydroxylation is 2. The van der Waals surface area contributed by atoms with Crippen molar-refractivity contribution in [1.29, 1.82) is 0 Å². The molecule has 0 bridgehead atoms. The third-order valence-electron chi connectivity index (χ3n) is 5.36. The fourth-order valence-corrected chi connectivity index (χ4v) is 4.21. The van der Waals surface area contributed by atoms with Gasteiger partial charge >= 0.3 is 5.97 Å². The first kappa shape index (κ1) is 19.0. The number of fused-ring (bicyclic) bond motifs is 3. The van der Waals surface area contributed by atoms with E-state index in [1.54, 1.807) is 6.07 Å². The number of methoxy groups -OCH3 is 1. The van der Waals surface area contributed by atoms with Crippen molar-refractivity contribution in [2.45, 2.75) is 26.8 Å². The van der Waals surface area contributed by atoms with E-state index in [0.717, 1.165) is 27.7 Å². The summed E-state index contributed by atoms with van der Waals surface area (Å²) in [6.07, 6.45) is 0. The maximum atomic E-state index is 12.7. The largest absolute Gasteiger partial charge is 0.468 e. The molecular weight excluding hydrogens is 397 g/mol. The van der Waals surface area contributed by atoms with Crippen molar-refractivity contribution in [3.63, 3.8) is 0 Å². The number of halogens is 2. The van der Waals surface area contributed by atoms with E-state index >= 15 is 0 Å². The normalized spacial score (nSPS) is 18.7. The lowest BCUT2D eigenvalue weighted by atomic mass is 9.87. The SMILES string of the molecule is COC(=O)C1C(C)=Nc2nc3cc(C)c(C)cc3n2C1c1cccc(Cl)c1Cl. The number of esters is 1. The smallest absolute Gasteiger partial charge is 0.316 e. The second kappa shape index (κ2) is 6.90. The fraction of sp³-hybridized carbons (Fsp3) is 0.286. The molecule has 0 radical (unpaired) electrons. The van der Waals surface area contributed by atoms with Crippen LogP contribution in [0.25, 0.3) is 11.0 Å². The molecule has 1 aliphatic rings. The summed E-state index contributed by atoms with van der Waals surface area (Å²) >= 11 is 12.9. The predicted molar refractivity (Wildman–Crippen MR) is 112 cm³/mol. The number of hydrogen-bond donors (Lipinski definition) is 0. The lowest BCUT2D eigenvalue weighted by molar-refractivity contribution is -0.143. The molecule has 0 saturated carbocycles. The number of rotatable bonds is 2. The summed E-state index contributed by atoms with van der Waals surface area (Å²) in [5.74, 6) is -0.468. The molecular formula is C21H19Cl2N3O2. The number of nitrogens with zero attached hydrogens (tertiary/aromatic N) is 3. The van der Waals surface area contributed by atoms with Gasteiger partial charge in [-0.1, -0.05) is 35.3 Å². The van der Waals surface area contributed by atoms with Crippen LogP contribution in [0.3, 0.4) is 0 Å². The molecule has 7 heteroatoms. The Morgan fingerprint density at radius 2 is 1.86 bits per heavy atom. The average Bonchev–Trinajstić information content (AvgIpc) is 2.99. The van der Waals surface area contributed by atoms with Crippen molar-refractivity contribution in [1.82, 2.24) is 9.55 Å². The van der Waals surface area contributed by atoms with E-state index < -0.39 is 12.0 Å². The Labute approximate surface area is 172 Å². The topological polar surface area (TPSA) is 56.5 Å². The zero-order valence-electron chi connectivity index (χ0n) is 16.0. The van der Waals surface area contributed by atoms with Gasteiger partial charge in [0.2, 0.25) is 5.95 Å². The van der Waals surface area contributed by atoms with E-state index in [4.69, 9.17) is 32.9 Å². The van der Waals surface area contributed by atoms with E-state index in [9.17, 15) is 4.79 Å². The van der Waals surface area contributed by atoms with E-state index in [2.05, 4.69) is 11.1 Å². The highest BCUT2D eigenvalue weighted by Crippen LogP contribution is 2.43. The minimum atomic E-state index is -0.632. The van der Waals surface area contributed by atoms with Gasteiger partial charge < -0.3 is 4.74 Å². The first-order valence-electron chi connectivity index (χ1n) is 8.89. The maximum Gasteiger partial charge on any atom is 0.316 e. The molecule has 0 amide bonds. The summed E-state index contributed by atoms with van der Waals surface area (Å²) in [6.45, 7) is 5.90. The third kappa shape index (κ3) is 2.81. The van der Waals surface area contributed by atoms with Crippen LogP contribution in [0.1, 0.15) is 29.7 Å². The fourth-order valence-electron chi connectivity index (χ4n) is 3.79. The van der Waals surface area contributed by atoms with Crippen LogP contribution in [0.5, 0.6) is 0 Å². The number of benzene rings is 2. The molecule has 0 fully saturated rings. The van der Waals surface area contributed by atoms with Crippen LogP contribution in [0.4, 0.5) is 5.95 Å². The number of imidazole rings is 1. The van der Waals surface area contributed by atoms with Gasteiger partial charge in [0.25, 0.3) is 0 Å². The summed E-state index contributed by atoms with van der Waals surface area (Å²) in [5, 5.41) is 0.843. The summed E-state index contributed by atoms with van der Waals surface area (Å²) < 4.78 is 7.07. The van der Waals surface area contributed by atoms with Crippen molar-refractivity contribution < 1.29 is 9.53 Å². The molecule has 4 rings (SSSR count). The highest BCUT2D eigenvalue weighted by molar-refractivity contribution is 6.42. The van der Waals surface area contributed by atoms with Gasteiger partial charge in [0.05, 0.1) is 34.2 Å². The second-order valence-electron chi connectivity index (χ2n) is 7.05. The Bertz CT molecular complexity index is 1150. The molecule has 2 unspecified atom stereocenters. The molecule has 2 atom stereocenters. The van der Waals surface area contributed by atoms with Crippen LogP contribution < -0.4 is 0 Å². The van der Waals surface area contributed by atoms with Gasteiger partial charge in [-0.25, -0.2) is 9.98 Å². The number of hydrogen-bond acceptors (Lipinski definition) is 4. The lowest BCUT2D eigenvalue weighted by Crippen LogP contribution is -2.36. The zero-order valence-corrected chi connectivity index (χ0v) is 17.5. The number of aromatic nitrogens is 2. The Hall–Kier alpha value is -2.37. The standard InChI is InChI=1S/C21H19Cl2N3O2/c1-10-8-15-16(9-11(10)2)26-19(13-6-5-7-14(22)18(13)23)17(20(27)28-4)12(3)24-21(26)25-15/h5-9,17,19H,1-4H3. The molecule has 28 heavy (non-hydrogen) atoms. The van der Waals surface area contributed by atoms with Crippen molar-refractivity contribution >= 4 is 51.9 Å². The number of carbonyl (C=O) groups is 1. The molecule has 0 saturated heterocycles. The third-order valence-corrected chi connectivity index (χ3v) is 6.20. The monoisotopic (exact) mass is 415 g/mol. The van der Waals surface area contributed by atoms with Crippen LogP contribution >= 0.6 is 23.2 Å². The minimum Gasteiger partial charge on any atom is -0.468 e. The molecule has 0 N–H and O–H groups in total. The van der Waals surface area contributed by atoms with Gasteiger partial charge in [-0.15, -0.1) is 0 Å². The van der Waals surface area contributed by atoms with Crippen molar-refractivity contribution in [3.05, 3.63) is 57.1 Å². The number of carbonyl (C=O) groups excluding carboxylic acids is 1. The van der Waals surface area contributed by atoms with Gasteiger partial charge in [-0.2, -0.15) is 0 Å². The quantitative estimate of drug-likeness (QED) is 0.523. The van der Waals surface area contributed by atoms with Crippen LogP contribution in [0, 0.1) is 19.8 Å². The molecule has 1 aliphatic heterocycles. The summed E-state index contributed by atoms with van der Waals surface area (Å²) in [4.78, 5) is 22.0. The van der Waals surface area contributed by atoms with Crippen molar-refractivity contribution in [3.8, 4) is 0 Å². The van der Waals surface area contributed by atoms with Crippen LogP contribution in [-0.4, -0.2) is 28.3 Å². The van der Waals surface area contributed by atoms with Crippen LogP contribution in [0.15, 0.2) is 35.3 Å². The Balaban J connectivity index is 2.08. The number of ether oxygens (including phenoxy) is 1. The second-order valence-corrected chi connectivity index (χ2v) is 7.83. The predicted octanol–water partition coefficient (Wildman–Crippen LogP) is 5.44. The molecule has 2 heterocycles. The lowest BCUT2D eigenvalue weighted by Gasteiger charge is -2.32. The van der Waals surface area contributed by atoms with Crippen molar-refractivity contribution in [2.75, 3.05) is 7.11 Å². The summed E-state index contributed by atoms with van der Waals surface area (Å²) in [7, 11) is 1.38. The molecule has 2 aromatic carbocycles. The minimum absolute atomic E-state index is 0.376. The van der Waals surface area contributed by atoms with Gasteiger partial charge in [0.1, 0.15) is 5.92 Å². The van der Waals surface area contributed by atoms with Gasteiger partial charge in [0.15, 0.2) is 0 Å². The Morgan fingerprint density at radius 3 is 2.57 bits per heavy atom. The highest BCUT2D eigenvalue weighted by atomic mass is 35.5. The average molecular weight is 416 g/mol. The Kier molecular flexibility index (Phi) is 4.68. The van der Waals surface area contributed by atoms with Crippen LogP contribution in [0.2, 0.25) is 10.0 Å². The molecule has 0 spiro atoms. The highest BCUT2D eigenvalue weighted by Gasteiger charge is 2.40. The summed E-state index contributed by atoms with van der Waals surface area (Å²) in [6, 6.07) is 9.07. The molecule has 0 aliphatic carbocycles. The van der Waals surface area contributed by atoms with Crippen LogP contribution in [-0.2, 0) is 9.53 Å². The van der Waals surface area contributed by atoms with Crippen molar-refractivity contribution in [2.24, 2.45) is 10.9 Å². The first-order chi connectivity index (χ1) is 13.3. The molecule has 1 aromatic heterocycles. The summed E-state index contributed by atoms with van der Waals surface area (Å²) in [5.41, 5.74) is 5.35. The maximum absolute atomic E-state index is 12.7. The van der Waals surface area contributed by atoms with Gasteiger partial charge in [-0.3, -0.25) is 9.36 Å².